The predicted molar refractivity (Wildman–Crippen MR) is 84.7 cm³/mol. The normalized spacial score (nSPS) is 24.4. The molecule has 2 unspecified atom stereocenters. The fourth-order valence-electron chi connectivity index (χ4n) is 3.71. The van der Waals surface area contributed by atoms with Crippen molar-refractivity contribution in [2.45, 2.75) is 32.9 Å². The first kappa shape index (κ1) is 13.7. The number of nitrogens with two attached hydrogens (primary N) is 1. The Morgan fingerprint density at radius 3 is 2.70 bits per heavy atom. The molecule has 3 rings (SSSR count). The number of nitrogens with zero attached hydrogens (tertiary/aromatic N) is 2. The lowest BCUT2D eigenvalue weighted by Gasteiger charge is -2.35. The zero-order valence-corrected chi connectivity index (χ0v) is 12.8. The van der Waals surface area contributed by atoms with E-state index in [2.05, 4.69) is 54.6 Å². The third-order valence-electron chi connectivity index (χ3n) is 4.65. The van der Waals surface area contributed by atoms with Gasteiger partial charge in [-0.05, 0) is 30.9 Å². The van der Waals surface area contributed by atoms with E-state index in [0.717, 1.165) is 26.1 Å². The van der Waals surface area contributed by atoms with Crippen LogP contribution in [0.4, 0.5) is 0 Å². The zero-order chi connectivity index (χ0) is 14.3. The van der Waals surface area contributed by atoms with E-state index < -0.39 is 0 Å². The molecule has 3 nitrogen and oxygen atoms in total. The highest BCUT2D eigenvalue weighted by atomic mass is 15.2. The van der Waals surface area contributed by atoms with E-state index in [9.17, 15) is 0 Å². The van der Waals surface area contributed by atoms with E-state index in [0.29, 0.717) is 12.0 Å². The Labute approximate surface area is 121 Å². The van der Waals surface area contributed by atoms with Crippen LogP contribution in [-0.4, -0.2) is 28.6 Å². The summed E-state index contributed by atoms with van der Waals surface area (Å²) in [5.74, 6) is 0.703. The second kappa shape index (κ2) is 5.23. The van der Waals surface area contributed by atoms with Crippen LogP contribution in [0.1, 0.15) is 24.6 Å². The first-order valence-corrected chi connectivity index (χ1v) is 7.57. The van der Waals surface area contributed by atoms with E-state index in [1.165, 1.54) is 22.2 Å². The van der Waals surface area contributed by atoms with Gasteiger partial charge < -0.3 is 10.3 Å². The van der Waals surface area contributed by atoms with E-state index in [-0.39, 0.29) is 0 Å². The second-order valence-corrected chi connectivity index (χ2v) is 6.44. The predicted octanol–water partition coefficient (Wildman–Crippen LogP) is 2.66. The quantitative estimate of drug-likeness (QED) is 0.911. The summed E-state index contributed by atoms with van der Waals surface area (Å²) < 4.78 is 2.34. The lowest BCUT2D eigenvalue weighted by Crippen LogP contribution is -2.46. The molecule has 1 aliphatic rings. The molecule has 2 N–H and O–H groups in total. The van der Waals surface area contributed by atoms with Gasteiger partial charge in [0.15, 0.2) is 0 Å². The summed E-state index contributed by atoms with van der Waals surface area (Å²) in [5, 5.41) is 1.37. The molecule has 1 aromatic heterocycles. The Morgan fingerprint density at radius 1 is 1.25 bits per heavy atom. The Kier molecular flexibility index (Phi) is 3.57. The molecule has 0 radical (unpaired) electrons. The van der Waals surface area contributed by atoms with Crippen molar-refractivity contribution >= 4 is 10.9 Å². The van der Waals surface area contributed by atoms with Crippen LogP contribution in [0.3, 0.4) is 0 Å². The van der Waals surface area contributed by atoms with Gasteiger partial charge in [0.05, 0.1) is 0 Å². The van der Waals surface area contributed by atoms with Gasteiger partial charge in [-0.25, -0.2) is 0 Å². The summed E-state index contributed by atoms with van der Waals surface area (Å²) in [7, 11) is 2.18. The minimum absolute atomic E-state index is 0.328. The van der Waals surface area contributed by atoms with E-state index in [1.807, 2.05) is 0 Å². The molecule has 2 atom stereocenters. The number of benzene rings is 1. The molecule has 0 bridgehead atoms. The van der Waals surface area contributed by atoms with Gasteiger partial charge in [-0.1, -0.05) is 25.1 Å². The Hall–Kier alpha value is -1.32. The van der Waals surface area contributed by atoms with Crippen molar-refractivity contribution in [3.8, 4) is 0 Å². The number of likely N-dealkylation sites (tertiary alicyclic amines) is 1. The van der Waals surface area contributed by atoms with Crippen LogP contribution in [0.25, 0.3) is 10.9 Å². The van der Waals surface area contributed by atoms with Crippen LogP contribution in [0.5, 0.6) is 0 Å². The maximum absolute atomic E-state index is 6.17. The van der Waals surface area contributed by atoms with Crippen molar-refractivity contribution in [1.82, 2.24) is 9.47 Å². The smallest absolute Gasteiger partial charge is 0.0483 e. The van der Waals surface area contributed by atoms with Crippen LogP contribution < -0.4 is 5.73 Å². The highest BCUT2D eigenvalue weighted by Crippen LogP contribution is 2.26. The summed E-state index contributed by atoms with van der Waals surface area (Å²) in [5.41, 5.74) is 10.3. The number of fused-ring (bicyclic) bond motifs is 1. The minimum atomic E-state index is 0.328. The lowest BCUT2D eigenvalue weighted by molar-refractivity contribution is 0.155. The van der Waals surface area contributed by atoms with Gasteiger partial charge in [0.1, 0.15) is 0 Å². The van der Waals surface area contributed by atoms with Gasteiger partial charge in [0.25, 0.3) is 0 Å². The third kappa shape index (κ3) is 2.36. The van der Waals surface area contributed by atoms with Gasteiger partial charge in [0, 0.05) is 49.3 Å². The molecular formula is C17H25N3. The molecule has 0 aliphatic carbocycles. The van der Waals surface area contributed by atoms with Crippen LogP contribution in [0.2, 0.25) is 0 Å². The molecule has 0 spiro atoms. The first-order chi connectivity index (χ1) is 9.56. The average molecular weight is 271 g/mol. The molecular weight excluding hydrogens is 246 g/mol. The summed E-state index contributed by atoms with van der Waals surface area (Å²) in [4.78, 5) is 2.51. The zero-order valence-electron chi connectivity index (χ0n) is 12.8. The summed E-state index contributed by atoms with van der Waals surface area (Å²) in [6.07, 6.45) is 1.16. The van der Waals surface area contributed by atoms with Gasteiger partial charge in [-0.3, -0.25) is 4.90 Å². The fraction of sp³-hybridized carbons (Fsp3) is 0.529. The van der Waals surface area contributed by atoms with Crippen LogP contribution >= 0.6 is 0 Å². The van der Waals surface area contributed by atoms with Gasteiger partial charge in [-0.2, -0.15) is 0 Å². The third-order valence-corrected chi connectivity index (χ3v) is 4.65. The van der Waals surface area contributed by atoms with Gasteiger partial charge >= 0.3 is 0 Å². The van der Waals surface area contributed by atoms with Crippen molar-refractivity contribution in [3.63, 3.8) is 0 Å². The van der Waals surface area contributed by atoms with Crippen LogP contribution in [0.15, 0.2) is 24.3 Å². The molecule has 1 saturated heterocycles. The Morgan fingerprint density at radius 2 is 2.00 bits per heavy atom. The highest BCUT2D eigenvalue weighted by molar-refractivity contribution is 5.85. The molecule has 20 heavy (non-hydrogen) atoms. The maximum atomic E-state index is 6.17. The Balaban J connectivity index is 1.91. The van der Waals surface area contributed by atoms with E-state index in [4.69, 9.17) is 5.73 Å². The van der Waals surface area contributed by atoms with Crippen molar-refractivity contribution in [2.24, 2.45) is 18.7 Å². The van der Waals surface area contributed by atoms with Gasteiger partial charge in [-0.15, -0.1) is 0 Å². The average Bonchev–Trinajstić information content (AvgIpc) is 2.64. The van der Waals surface area contributed by atoms with Gasteiger partial charge in [0.2, 0.25) is 0 Å². The number of para-hydroxylation sites is 1. The van der Waals surface area contributed by atoms with Crippen molar-refractivity contribution in [2.75, 3.05) is 13.1 Å². The molecule has 2 heterocycles. The lowest BCUT2D eigenvalue weighted by atomic mass is 9.96. The number of piperidine rings is 1. The maximum Gasteiger partial charge on any atom is 0.0483 e. The number of hydrogen-bond donors (Lipinski definition) is 1. The second-order valence-electron chi connectivity index (χ2n) is 6.44. The minimum Gasteiger partial charge on any atom is -0.346 e. The largest absolute Gasteiger partial charge is 0.346 e. The molecule has 0 amide bonds. The topological polar surface area (TPSA) is 34.2 Å². The summed E-state index contributed by atoms with van der Waals surface area (Å²) in [6.45, 7) is 7.74. The van der Waals surface area contributed by atoms with E-state index in [1.54, 1.807) is 0 Å². The van der Waals surface area contributed by atoms with E-state index >= 15 is 0 Å². The fourth-order valence-corrected chi connectivity index (χ4v) is 3.71. The molecule has 0 saturated carbocycles. The number of aromatic nitrogens is 1. The summed E-state index contributed by atoms with van der Waals surface area (Å²) >= 11 is 0. The number of aryl methyl sites for hydroxylation is 2. The first-order valence-electron chi connectivity index (χ1n) is 7.57. The van der Waals surface area contributed by atoms with Crippen LogP contribution in [0, 0.1) is 12.8 Å². The molecule has 1 fully saturated rings. The molecule has 1 aliphatic heterocycles. The SMILES string of the molecule is Cc1c(CN2CC(C)CC(N)C2)n(C)c2ccccc12. The standard InChI is InChI=1S/C17H25N3/c1-12-8-14(18)10-20(9-12)11-17-13(2)15-6-4-5-7-16(15)19(17)3/h4-7,12,14H,8-11,18H2,1-3H3. The summed E-state index contributed by atoms with van der Waals surface area (Å²) in [6, 6.07) is 8.99. The van der Waals surface area contributed by atoms with Crippen molar-refractivity contribution < 1.29 is 0 Å². The molecule has 1 aromatic carbocycles. The number of hydrogen-bond acceptors (Lipinski definition) is 2. The molecule has 3 heteroatoms. The molecule has 2 aromatic rings. The Bertz CT molecular complexity index is 565. The van der Waals surface area contributed by atoms with Crippen molar-refractivity contribution in [3.05, 3.63) is 35.5 Å². The van der Waals surface area contributed by atoms with Crippen molar-refractivity contribution in [1.29, 1.82) is 0 Å². The molecule has 108 valence electrons. The monoisotopic (exact) mass is 271 g/mol. The highest BCUT2D eigenvalue weighted by Gasteiger charge is 2.23. The number of rotatable bonds is 2. The van der Waals surface area contributed by atoms with Crippen LogP contribution in [-0.2, 0) is 13.6 Å².